The Morgan fingerprint density at radius 3 is 2.52 bits per heavy atom. The summed E-state index contributed by atoms with van der Waals surface area (Å²) in [5.74, 6) is 1.18. The summed E-state index contributed by atoms with van der Waals surface area (Å²) in [6.07, 6.45) is 2.27. The summed E-state index contributed by atoms with van der Waals surface area (Å²) >= 11 is 0. The molecular formula is C17H17NO3. The highest BCUT2D eigenvalue weighted by Gasteiger charge is 2.22. The molecule has 108 valence electrons. The molecule has 2 aromatic rings. The van der Waals surface area contributed by atoms with Gasteiger partial charge >= 0.3 is 0 Å². The minimum absolute atomic E-state index is 0.131. The summed E-state index contributed by atoms with van der Waals surface area (Å²) in [5.41, 5.74) is 1.42. The Morgan fingerprint density at radius 1 is 1.19 bits per heavy atom. The van der Waals surface area contributed by atoms with E-state index in [4.69, 9.17) is 4.42 Å². The van der Waals surface area contributed by atoms with Gasteiger partial charge in [-0.05, 0) is 42.8 Å². The number of aryl methyl sites for hydroxylation is 1. The van der Waals surface area contributed by atoms with Gasteiger partial charge in [0.25, 0.3) is 0 Å². The minimum Gasteiger partial charge on any atom is -0.458 e. The second-order valence-electron chi connectivity index (χ2n) is 5.14. The van der Waals surface area contributed by atoms with Crippen LogP contribution in [0.2, 0.25) is 0 Å². The number of rotatable bonds is 4. The van der Waals surface area contributed by atoms with Gasteiger partial charge in [-0.3, -0.25) is 9.59 Å². The lowest BCUT2D eigenvalue weighted by Crippen LogP contribution is -2.23. The standard InChI is InChI=1S/C17H17NO3/c1-2-14-9-10-15(21-14)17(20)12-5-7-13(8-6-12)18-11-3-4-16(18)19/h5-10H,2-4,11H2,1H3. The number of anilines is 1. The van der Waals surface area contributed by atoms with Crippen LogP contribution in [0.15, 0.2) is 40.8 Å². The van der Waals surface area contributed by atoms with Crippen molar-refractivity contribution in [3.63, 3.8) is 0 Å². The Hall–Kier alpha value is -2.36. The molecule has 1 aromatic heterocycles. The first kappa shape index (κ1) is 13.6. The summed E-state index contributed by atoms with van der Waals surface area (Å²) in [4.78, 5) is 25.8. The third-order valence-electron chi connectivity index (χ3n) is 3.75. The predicted molar refractivity (Wildman–Crippen MR) is 79.5 cm³/mol. The van der Waals surface area contributed by atoms with E-state index in [-0.39, 0.29) is 11.7 Å². The van der Waals surface area contributed by atoms with Gasteiger partial charge < -0.3 is 9.32 Å². The maximum Gasteiger partial charge on any atom is 0.228 e. The first-order valence-electron chi connectivity index (χ1n) is 7.23. The number of nitrogens with zero attached hydrogens (tertiary/aromatic N) is 1. The van der Waals surface area contributed by atoms with Gasteiger partial charge in [0.1, 0.15) is 5.76 Å². The van der Waals surface area contributed by atoms with Crippen molar-refractivity contribution >= 4 is 17.4 Å². The summed E-state index contributed by atoms with van der Waals surface area (Å²) in [7, 11) is 0. The Kier molecular flexibility index (Phi) is 3.60. The molecular weight excluding hydrogens is 266 g/mol. The van der Waals surface area contributed by atoms with Gasteiger partial charge in [0.15, 0.2) is 5.76 Å². The maximum atomic E-state index is 12.3. The Bertz CT molecular complexity index is 670. The van der Waals surface area contributed by atoms with Gasteiger partial charge in [0, 0.05) is 30.6 Å². The van der Waals surface area contributed by atoms with E-state index in [9.17, 15) is 9.59 Å². The quantitative estimate of drug-likeness (QED) is 0.810. The average Bonchev–Trinajstić information content (AvgIpc) is 3.15. The third-order valence-corrected chi connectivity index (χ3v) is 3.75. The van der Waals surface area contributed by atoms with Crippen LogP contribution in [0.1, 0.15) is 41.6 Å². The monoisotopic (exact) mass is 283 g/mol. The second kappa shape index (κ2) is 5.56. The number of hydrogen-bond donors (Lipinski definition) is 0. The lowest BCUT2D eigenvalue weighted by molar-refractivity contribution is -0.117. The van der Waals surface area contributed by atoms with E-state index in [0.717, 1.165) is 30.8 Å². The number of furan rings is 1. The molecule has 1 amide bonds. The maximum absolute atomic E-state index is 12.3. The van der Waals surface area contributed by atoms with Crippen molar-refractivity contribution in [3.8, 4) is 0 Å². The molecule has 2 heterocycles. The predicted octanol–water partition coefficient (Wildman–Crippen LogP) is 3.20. The molecule has 1 saturated heterocycles. The van der Waals surface area contributed by atoms with E-state index in [1.165, 1.54) is 0 Å². The van der Waals surface area contributed by atoms with Gasteiger partial charge in [0.05, 0.1) is 0 Å². The van der Waals surface area contributed by atoms with Crippen LogP contribution in [0.4, 0.5) is 5.69 Å². The van der Waals surface area contributed by atoms with E-state index in [2.05, 4.69) is 0 Å². The van der Waals surface area contributed by atoms with Gasteiger partial charge in [0.2, 0.25) is 11.7 Å². The topological polar surface area (TPSA) is 50.5 Å². The first-order valence-corrected chi connectivity index (χ1v) is 7.23. The molecule has 3 rings (SSSR count). The minimum atomic E-state index is -0.131. The van der Waals surface area contributed by atoms with Crippen LogP contribution >= 0.6 is 0 Å². The van der Waals surface area contributed by atoms with E-state index >= 15 is 0 Å². The normalized spacial score (nSPS) is 14.7. The molecule has 0 bridgehead atoms. The zero-order valence-corrected chi connectivity index (χ0v) is 12.0. The van der Waals surface area contributed by atoms with E-state index in [1.54, 1.807) is 23.1 Å². The molecule has 1 aromatic carbocycles. The zero-order chi connectivity index (χ0) is 14.8. The van der Waals surface area contributed by atoms with Crippen LogP contribution in [0.5, 0.6) is 0 Å². The SMILES string of the molecule is CCc1ccc(C(=O)c2ccc(N3CCCC3=O)cc2)o1. The van der Waals surface area contributed by atoms with Crippen molar-refractivity contribution < 1.29 is 14.0 Å². The van der Waals surface area contributed by atoms with Crippen molar-refractivity contribution in [2.75, 3.05) is 11.4 Å². The van der Waals surface area contributed by atoms with Gasteiger partial charge in [-0.15, -0.1) is 0 Å². The van der Waals surface area contributed by atoms with Crippen LogP contribution < -0.4 is 4.90 Å². The Morgan fingerprint density at radius 2 is 1.95 bits per heavy atom. The van der Waals surface area contributed by atoms with Crippen LogP contribution in [0, 0.1) is 0 Å². The number of hydrogen-bond acceptors (Lipinski definition) is 3. The number of ketones is 1. The Balaban J connectivity index is 1.80. The van der Waals surface area contributed by atoms with Crippen LogP contribution in [0.25, 0.3) is 0 Å². The van der Waals surface area contributed by atoms with Crippen molar-refractivity contribution in [3.05, 3.63) is 53.5 Å². The van der Waals surface area contributed by atoms with Crippen LogP contribution in [-0.4, -0.2) is 18.2 Å². The molecule has 0 radical (unpaired) electrons. The second-order valence-corrected chi connectivity index (χ2v) is 5.14. The number of amides is 1. The van der Waals surface area contributed by atoms with E-state index < -0.39 is 0 Å². The number of carbonyl (C=O) groups is 2. The third kappa shape index (κ3) is 2.61. The summed E-state index contributed by atoms with van der Waals surface area (Å²) in [5, 5.41) is 0. The molecule has 4 nitrogen and oxygen atoms in total. The van der Waals surface area contributed by atoms with E-state index in [0.29, 0.717) is 17.7 Å². The molecule has 0 spiro atoms. The van der Waals surface area contributed by atoms with Gasteiger partial charge in [-0.1, -0.05) is 6.92 Å². The highest BCUT2D eigenvalue weighted by atomic mass is 16.3. The molecule has 4 heteroatoms. The molecule has 0 unspecified atom stereocenters. The lowest BCUT2D eigenvalue weighted by atomic mass is 10.1. The molecule has 1 fully saturated rings. The van der Waals surface area contributed by atoms with Crippen LogP contribution in [-0.2, 0) is 11.2 Å². The molecule has 0 N–H and O–H groups in total. The summed E-state index contributed by atoms with van der Waals surface area (Å²) in [6, 6.07) is 10.7. The largest absolute Gasteiger partial charge is 0.458 e. The van der Waals surface area contributed by atoms with E-state index in [1.807, 2.05) is 25.1 Å². The highest BCUT2D eigenvalue weighted by molar-refractivity contribution is 6.07. The van der Waals surface area contributed by atoms with Gasteiger partial charge in [-0.2, -0.15) is 0 Å². The number of benzene rings is 1. The fourth-order valence-electron chi connectivity index (χ4n) is 2.55. The van der Waals surface area contributed by atoms with Crippen LogP contribution in [0.3, 0.4) is 0 Å². The van der Waals surface area contributed by atoms with Crippen molar-refractivity contribution in [2.45, 2.75) is 26.2 Å². The lowest BCUT2D eigenvalue weighted by Gasteiger charge is -2.15. The van der Waals surface area contributed by atoms with Gasteiger partial charge in [-0.25, -0.2) is 0 Å². The molecule has 1 aliphatic rings. The summed E-state index contributed by atoms with van der Waals surface area (Å²) in [6.45, 7) is 2.74. The fraction of sp³-hybridized carbons (Fsp3) is 0.294. The molecule has 0 atom stereocenters. The molecule has 1 aliphatic heterocycles. The first-order chi connectivity index (χ1) is 10.2. The highest BCUT2D eigenvalue weighted by Crippen LogP contribution is 2.22. The molecule has 0 aliphatic carbocycles. The fourth-order valence-corrected chi connectivity index (χ4v) is 2.55. The van der Waals surface area contributed by atoms with Crippen molar-refractivity contribution in [2.24, 2.45) is 0 Å². The zero-order valence-electron chi connectivity index (χ0n) is 12.0. The molecule has 21 heavy (non-hydrogen) atoms. The summed E-state index contributed by atoms with van der Waals surface area (Å²) < 4.78 is 5.48. The van der Waals surface area contributed by atoms with Crippen molar-refractivity contribution in [1.29, 1.82) is 0 Å². The average molecular weight is 283 g/mol. The van der Waals surface area contributed by atoms with Crippen molar-refractivity contribution in [1.82, 2.24) is 0 Å². The Labute approximate surface area is 123 Å². The smallest absolute Gasteiger partial charge is 0.228 e. The molecule has 0 saturated carbocycles. The number of carbonyl (C=O) groups excluding carboxylic acids is 2.